The van der Waals surface area contributed by atoms with Crippen LogP contribution in [-0.2, 0) is 11.2 Å². The molecule has 0 heterocycles. The standard InChI is InChI=1S/C17H17ClO4/c1-21-13-6-3-11(4-7-13)9-14(17(19)20)12-5-8-16(22-2)15(18)10-12/h3-8,10,14H,9H2,1-2H3,(H,19,20). The number of hydrogen-bond acceptors (Lipinski definition) is 3. The number of halogens is 1. The van der Waals surface area contributed by atoms with E-state index < -0.39 is 11.9 Å². The predicted octanol–water partition coefficient (Wildman–Crippen LogP) is 3.77. The molecule has 0 amide bonds. The van der Waals surface area contributed by atoms with Crippen molar-refractivity contribution in [3.8, 4) is 11.5 Å². The van der Waals surface area contributed by atoms with Crippen LogP contribution in [0.3, 0.4) is 0 Å². The van der Waals surface area contributed by atoms with Gasteiger partial charge in [-0.25, -0.2) is 0 Å². The van der Waals surface area contributed by atoms with Gasteiger partial charge in [0, 0.05) is 0 Å². The molecule has 5 heteroatoms. The van der Waals surface area contributed by atoms with Gasteiger partial charge in [-0.15, -0.1) is 0 Å². The second-order valence-corrected chi connectivity index (χ2v) is 5.24. The van der Waals surface area contributed by atoms with E-state index in [-0.39, 0.29) is 0 Å². The van der Waals surface area contributed by atoms with E-state index >= 15 is 0 Å². The molecule has 1 N–H and O–H groups in total. The number of rotatable bonds is 6. The van der Waals surface area contributed by atoms with Gasteiger partial charge in [0.25, 0.3) is 0 Å². The Hall–Kier alpha value is -2.20. The zero-order chi connectivity index (χ0) is 16.1. The fourth-order valence-electron chi connectivity index (χ4n) is 2.24. The van der Waals surface area contributed by atoms with Gasteiger partial charge in [0.1, 0.15) is 11.5 Å². The molecule has 0 aromatic heterocycles. The molecule has 116 valence electrons. The molecule has 0 aliphatic heterocycles. The molecule has 2 rings (SSSR count). The second-order valence-electron chi connectivity index (χ2n) is 4.84. The molecule has 2 aromatic carbocycles. The van der Waals surface area contributed by atoms with Crippen molar-refractivity contribution in [1.29, 1.82) is 0 Å². The summed E-state index contributed by atoms with van der Waals surface area (Å²) in [6.07, 6.45) is 0.377. The Kier molecular flexibility index (Phi) is 5.28. The summed E-state index contributed by atoms with van der Waals surface area (Å²) in [7, 11) is 3.11. The van der Waals surface area contributed by atoms with Gasteiger partial charge in [-0.2, -0.15) is 0 Å². The van der Waals surface area contributed by atoms with Gasteiger partial charge in [-0.3, -0.25) is 4.79 Å². The van der Waals surface area contributed by atoms with Crippen LogP contribution in [0.4, 0.5) is 0 Å². The van der Waals surface area contributed by atoms with Crippen LogP contribution >= 0.6 is 11.6 Å². The lowest BCUT2D eigenvalue weighted by Crippen LogP contribution is -2.14. The van der Waals surface area contributed by atoms with E-state index in [1.165, 1.54) is 7.11 Å². The third-order valence-electron chi connectivity index (χ3n) is 3.48. The number of carboxylic acid groups (broad SMARTS) is 1. The highest BCUT2D eigenvalue weighted by atomic mass is 35.5. The molecule has 0 aliphatic rings. The predicted molar refractivity (Wildman–Crippen MR) is 85.1 cm³/mol. The quantitative estimate of drug-likeness (QED) is 0.880. The smallest absolute Gasteiger partial charge is 0.311 e. The summed E-state index contributed by atoms with van der Waals surface area (Å²) in [5.74, 6) is -0.295. The summed E-state index contributed by atoms with van der Waals surface area (Å²) >= 11 is 6.09. The van der Waals surface area contributed by atoms with Crippen molar-refractivity contribution in [2.45, 2.75) is 12.3 Å². The number of methoxy groups -OCH3 is 2. The molecule has 1 atom stereocenters. The Morgan fingerprint density at radius 1 is 1.14 bits per heavy atom. The number of carbonyl (C=O) groups is 1. The molecule has 1 unspecified atom stereocenters. The number of aliphatic carboxylic acids is 1. The highest BCUT2D eigenvalue weighted by molar-refractivity contribution is 6.32. The van der Waals surface area contributed by atoms with Crippen LogP contribution in [-0.4, -0.2) is 25.3 Å². The zero-order valence-corrected chi connectivity index (χ0v) is 13.1. The van der Waals surface area contributed by atoms with Gasteiger partial charge in [0.2, 0.25) is 0 Å². The molecule has 0 spiro atoms. The molecule has 0 bridgehead atoms. The zero-order valence-electron chi connectivity index (χ0n) is 12.4. The maximum Gasteiger partial charge on any atom is 0.311 e. The minimum absolute atomic E-state index is 0.377. The fraction of sp³-hybridized carbons (Fsp3) is 0.235. The van der Waals surface area contributed by atoms with Crippen LogP contribution in [0.2, 0.25) is 5.02 Å². The Labute approximate surface area is 134 Å². The van der Waals surface area contributed by atoms with Gasteiger partial charge in [0.15, 0.2) is 0 Å². The Balaban J connectivity index is 2.26. The lowest BCUT2D eigenvalue weighted by Gasteiger charge is -2.14. The summed E-state index contributed by atoms with van der Waals surface area (Å²) in [4.78, 5) is 11.6. The van der Waals surface area contributed by atoms with Crippen LogP contribution in [0.1, 0.15) is 17.0 Å². The average molecular weight is 321 g/mol. The van der Waals surface area contributed by atoms with E-state index in [1.807, 2.05) is 24.3 Å². The maximum absolute atomic E-state index is 11.6. The molecule has 0 saturated carbocycles. The fourth-order valence-corrected chi connectivity index (χ4v) is 2.51. The van der Waals surface area contributed by atoms with Crippen LogP contribution in [0.25, 0.3) is 0 Å². The summed E-state index contributed by atoms with van der Waals surface area (Å²) < 4.78 is 10.2. The minimum atomic E-state index is -0.892. The van der Waals surface area contributed by atoms with Gasteiger partial charge in [0.05, 0.1) is 25.2 Å². The monoisotopic (exact) mass is 320 g/mol. The minimum Gasteiger partial charge on any atom is -0.497 e. The third kappa shape index (κ3) is 3.71. The molecular weight excluding hydrogens is 304 g/mol. The first-order valence-corrected chi connectivity index (χ1v) is 7.12. The first-order valence-electron chi connectivity index (χ1n) is 6.74. The van der Waals surface area contributed by atoms with Crippen molar-refractivity contribution in [3.63, 3.8) is 0 Å². The van der Waals surface area contributed by atoms with Gasteiger partial charge in [-0.1, -0.05) is 29.8 Å². The first-order chi connectivity index (χ1) is 10.5. The number of carboxylic acids is 1. The number of hydrogen-bond donors (Lipinski definition) is 1. The van der Waals surface area contributed by atoms with Crippen molar-refractivity contribution in [1.82, 2.24) is 0 Å². The lowest BCUT2D eigenvalue weighted by atomic mass is 9.92. The lowest BCUT2D eigenvalue weighted by molar-refractivity contribution is -0.138. The number of benzene rings is 2. The van der Waals surface area contributed by atoms with Crippen LogP contribution in [0, 0.1) is 0 Å². The van der Waals surface area contributed by atoms with E-state index in [4.69, 9.17) is 21.1 Å². The summed E-state index contributed by atoms with van der Waals surface area (Å²) in [6.45, 7) is 0. The van der Waals surface area contributed by atoms with E-state index in [0.717, 1.165) is 11.3 Å². The summed E-state index contributed by atoms with van der Waals surface area (Å²) in [5.41, 5.74) is 1.56. The Bertz CT molecular complexity index is 652. The maximum atomic E-state index is 11.6. The molecular formula is C17H17ClO4. The SMILES string of the molecule is COc1ccc(CC(C(=O)O)c2ccc(OC)c(Cl)c2)cc1. The largest absolute Gasteiger partial charge is 0.497 e. The van der Waals surface area contributed by atoms with Crippen molar-refractivity contribution < 1.29 is 19.4 Å². The van der Waals surface area contributed by atoms with Crippen LogP contribution in [0.5, 0.6) is 11.5 Å². The molecule has 2 aromatic rings. The van der Waals surface area contributed by atoms with Gasteiger partial charge in [-0.05, 0) is 41.8 Å². The van der Waals surface area contributed by atoms with E-state index in [0.29, 0.717) is 22.8 Å². The number of ether oxygens (including phenoxy) is 2. The van der Waals surface area contributed by atoms with E-state index in [9.17, 15) is 9.90 Å². The van der Waals surface area contributed by atoms with Crippen molar-refractivity contribution >= 4 is 17.6 Å². The highest BCUT2D eigenvalue weighted by Crippen LogP contribution is 2.30. The molecule has 4 nitrogen and oxygen atoms in total. The van der Waals surface area contributed by atoms with E-state index in [1.54, 1.807) is 25.3 Å². The first kappa shape index (κ1) is 16.2. The molecule has 0 aliphatic carbocycles. The summed E-state index contributed by atoms with van der Waals surface area (Å²) in [6, 6.07) is 12.4. The third-order valence-corrected chi connectivity index (χ3v) is 3.77. The summed E-state index contributed by atoms with van der Waals surface area (Å²) in [5, 5.41) is 9.91. The highest BCUT2D eigenvalue weighted by Gasteiger charge is 2.21. The van der Waals surface area contributed by atoms with Crippen LogP contribution in [0.15, 0.2) is 42.5 Å². The van der Waals surface area contributed by atoms with Gasteiger partial charge < -0.3 is 14.6 Å². The Morgan fingerprint density at radius 3 is 2.32 bits per heavy atom. The van der Waals surface area contributed by atoms with E-state index in [2.05, 4.69) is 0 Å². The van der Waals surface area contributed by atoms with Crippen LogP contribution < -0.4 is 9.47 Å². The Morgan fingerprint density at radius 2 is 1.82 bits per heavy atom. The molecule has 0 radical (unpaired) electrons. The average Bonchev–Trinajstić information content (AvgIpc) is 2.52. The molecule has 22 heavy (non-hydrogen) atoms. The van der Waals surface area contributed by atoms with Crippen molar-refractivity contribution in [2.75, 3.05) is 14.2 Å². The van der Waals surface area contributed by atoms with Gasteiger partial charge >= 0.3 is 5.97 Å². The van der Waals surface area contributed by atoms with Crippen molar-refractivity contribution in [2.24, 2.45) is 0 Å². The molecule has 0 saturated heterocycles. The normalized spacial score (nSPS) is 11.8. The van der Waals surface area contributed by atoms with Crippen molar-refractivity contribution in [3.05, 3.63) is 58.6 Å². The second kappa shape index (κ2) is 7.18. The molecule has 0 fully saturated rings. The topological polar surface area (TPSA) is 55.8 Å².